The summed E-state index contributed by atoms with van der Waals surface area (Å²) in [5.41, 5.74) is -0.965. The summed E-state index contributed by atoms with van der Waals surface area (Å²) < 4.78 is 19.3. The first-order valence-corrected chi connectivity index (χ1v) is 6.15. The highest BCUT2D eigenvalue weighted by molar-refractivity contribution is 4.84. The highest BCUT2D eigenvalue weighted by atomic mass is 19.1. The molecule has 2 rings (SSSR count). The van der Waals surface area contributed by atoms with Gasteiger partial charge in [0.15, 0.2) is 0 Å². The van der Waals surface area contributed by atoms with E-state index in [0.717, 1.165) is 39.1 Å². The Labute approximate surface area is 91.8 Å². The smallest absolute Gasteiger partial charge is 0.120 e. The molecular weight excluding hydrogens is 193 g/mol. The van der Waals surface area contributed by atoms with E-state index in [1.807, 2.05) is 0 Å². The normalized spacial score (nSPS) is 39.2. The summed E-state index contributed by atoms with van der Waals surface area (Å²) in [7, 11) is 0. The van der Waals surface area contributed by atoms with E-state index in [1.165, 1.54) is 12.8 Å². The third-order valence-corrected chi connectivity index (χ3v) is 3.50. The zero-order valence-corrected chi connectivity index (χ0v) is 9.67. The molecule has 0 amide bonds. The average Bonchev–Trinajstić information content (AvgIpc) is 2.17. The molecule has 2 atom stereocenters. The van der Waals surface area contributed by atoms with Gasteiger partial charge in [0.25, 0.3) is 0 Å². The van der Waals surface area contributed by atoms with Gasteiger partial charge in [-0.2, -0.15) is 0 Å². The summed E-state index contributed by atoms with van der Waals surface area (Å²) in [6.07, 6.45) is 4.15. The number of ether oxygens (including phenoxy) is 1. The molecule has 2 saturated heterocycles. The minimum absolute atomic E-state index is 0.615. The van der Waals surface area contributed by atoms with Crippen molar-refractivity contribution in [1.29, 1.82) is 0 Å². The summed E-state index contributed by atoms with van der Waals surface area (Å²) in [5.74, 6) is 0.632. The van der Waals surface area contributed by atoms with Crippen molar-refractivity contribution in [1.82, 2.24) is 4.90 Å². The van der Waals surface area contributed by atoms with Gasteiger partial charge in [-0.25, -0.2) is 4.39 Å². The lowest BCUT2D eigenvalue weighted by Gasteiger charge is -2.37. The van der Waals surface area contributed by atoms with E-state index in [0.29, 0.717) is 12.5 Å². The van der Waals surface area contributed by atoms with Gasteiger partial charge in [-0.05, 0) is 45.1 Å². The van der Waals surface area contributed by atoms with Crippen LogP contribution in [0.4, 0.5) is 4.39 Å². The van der Waals surface area contributed by atoms with E-state index in [4.69, 9.17) is 4.74 Å². The largest absolute Gasteiger partial charge is 0.381 e. The van der Waals surface area contributed by atoms with Gasteiger partial charge in [0, 0.05) is 19.7 Å². The number of piperidine rings is 1. The lowest BCUT2D eigenvalue weighted by atomic mass is 9.94. The van der Waals surface area contributed by atoms with Gasteiger partial charge in [-0.1, -0.05) is 0 Å². The molecule has 2 nitrogen and oxygen atoms in total. The standard InChI is InChI=1S/C12H22FNO/c1-12(13)5-3-6-14(10-12)8-11-4-2-7-15-9-11/h11H,2-10H2,1H3/t11-,12-/m1/s1. The fourth-order valence-corrected chi connectivity index (χ4v) is 2.77. The fourth-order valence-electron chi connectivity index (χ4n) is 2.77. The second kappa shape index (κ2) is 4.79. The maximum atomic E-state index is 13.8. The molecule has 0 aliphatic carbocycles. The molecule has 88 valence electrons. The molecule has 0 aromatic rings. The van der Waals surface area contributed by atoms with Crippen LogP contribution >= 0.6 is 0 Å². The molecule has 0 bridgehead atoms. The maximum absolute atomic E-state index is 13.8. The number of likely N-dealkylation sites (tertiary alicyclic amines) is 1. The van der Waals surface area contributed by atoms with Crippen molar-refractivity contribution >= 4 is 0 Å². The predicted octanol–water partition coefficient (Wildman–Crippen LogP) is 2.24. The van der Waals surface area contributed by atoms with Crippen molar-refractivity contribution in [2.45, 2.75) is 38.3 Å². The zero-order chi connectivity index (χ0) is 10.7. The fraction of sp³-hybridized carbons (Fsp3) is 1.00. The Morgan fingerprint density at radius 3 is 3.00 bits per heavy atom. The van der Waals surface area contributed by atoms with Crippen molar-refractivity contribution in [3.8, 4) is 0 Å². The van der Waals surface area contributed by atoms with Crippen LogP contribution < -0.4 is 0 Å². The van der Waals surface area contributed by atoms with Crippen LogP contribution in [0.1, 0.15) is 32.6 Å². The molecule has 2 heterocycles. The minimum Gasteiger partial charge on any atom is -0.381 e. The third-order valence-electron chi connectivity index (χ3n) is 3.50. The van der Waals surface area contributed by atoms with Crippen LogP contribution in [0, 0.1) is 5.92 Å². The first-order chi connectivity index (χ1) is 7.16. The number of nitrogens with zero attached hydrogens (tertiary/aromatic N) is 1. The molecule has 0 unspecified atom stereocenters. The maximum Gasteiger partial charge on any atom is 0.120 e. The van der Waals surface area contributed by atoms with E-state index in [1.54, 1.807) is 6.92 Å². The lowest BCUT2D eigenvalue weighted by Crippen LogP contribution is -2.46. The molecule has 2 aliphatic rings. The van der Waals surface area contributed by atoms with Crippen LogP contribution in [-0.2, 0) is 4.74 Å². The van der Waals surface area contributed by atoms with E-state index in [9.17, 15) is 4.39 Å². The van der Waals surface area contributed by atoms with Crippen molar-refractivity contribution in [3.63, 3.8) is 0 Å². The van der Waals surface area contributed by atoms with Gasteiger partial charge >= 0.3 is 0 Å². The van der Waals surface area contributed by atoms with Crippen LogP contribution in [-0.4, -0.2) is 43.4 Å². The molecule has 2 fully saturated rings. The topological polar surface area (TPSA) is 12.5 Å². The first-order valence-electron chi connectivity index (χ1n) is 6.15. The molecule has 0 N–H and O–H groups in total. The summed E-state index contributed by atoms with van der Waals surface area (Å²) >= 11 is 0. The summed E-state index contributed by atoms with van der Waals surface area (Å²) in [6, 6.07) is 0. The van der Waals surface area contributed by atoms with Crippen LogP contribution in [0.5, 0.6) is 0 Å². The van der Waals surface area contributed by atoms with Gasteiger partial charge < -0.3 is 4.74 Å². The Kier molecular flexibility index (Phi) is 3.62. The van der Waals surface area contributed by atoms with Crippen molar-refractivity contribution < 1.29 is 9.13 Å². The van der Waals surface area contributed by atoms with Gasteiger partial charge in [0.05, 0.1) is 6.61 Å². The Hall–Kier alpha value is -0.150. The van der Waals surface area contributed by atoms with E-state index >= 15 is 0 Å². The Morgan fingerprint density at radius 1 is 1.47 bits per heavy atom. The highest BCUT2D eigenvalue weighted by Crippen LogP contribution is 2.26. The SMILES string of the molecule is C[C@@]1(F)CCCN(C[C@H]2CCCOC2)C1. The Balaban J connectivity index is 1.78. The number of hydrogen-bond acceptors (Lipinski definition) is 2. The number of halogens is 1. The quantitative estimate of drug-likeness (QED) is 0.700. The molecule has 0 aromatic carbocycles. The number of hydrogen-bond donors (Lipinski definition) is 0. The van der Waals surface area contributed by atoms with Crippen molar-refractivity contribution in [3.05, 3.63) is 0 Å². The van der Waals surface area contributed by atoms with Crippen LogP contribution in [0.15, 0.2) is 0 Å². The molecule has 0 radical (unpaired) electrons. The zero-order valence-electron chi connectivity index (χ0n) is 9.67. The van der Waals surface area contributed by atoms with Gasteiger partial charge in [-0.3, -0.25) is 4.90 Å². The minimum atomic E-state index is -0.965. The Bertz CT molecular complexity index is 202. The third kappa shape index (κ3) is 3.42. The molecule has 0 saturated carbocycles. The molecule has 0 spiro atoms. The number of rotatable bonds is 2. The van der Waals surface area contributed by atoms with Crippen molar-refractivity contribution in [2.75, 3.05) is 32.8 Å². The summed E-state index contributed by atoms with van der Waals surface area (Å²) in [6.45, 7) is 6.23. The molecular formula is C12H22FNO. The first kappa shape index (κ1) is 11.3. The van der Waals surface area contributed by atoms with Crippen LogP contribution in [0.25, 0.3) is 0 Å². The van der Waals surface area contributed by atoms with Gasteiger partial charge in [0.1, 0.15) is 5.67 Å². The van der Waals surface area contributed by atoms with E-state index in [2.05, 4.69) is 4.90 Å². The second-order valence-electron chi connectivity index (χ2n) is 5.34. The predicted molar refractivity (Wildman–Crippen MR) is 58.7 cm³/mol. The van der Waals surface area contributed by atoms with Crippen LogP contribution in [0.2, 0.25) is 0 Å². The monoisotopic (exact) mass is 215 g/mol. The van der Waals surface area contributed by atoms with E-state index < -0.39 is 5.67 Å². The lowest BCUT2D eigenvalue weighted by molar-refractivity contribution is 0.0106. The Morgan fingerprint density at radius 2 is 2.33 bits per heavy atom. The molecule has 15 heavy (non-hydrogen) atoms. The van der Waals surface area contributed by atoms with E-state index in [-0.39, 0.29) is 0 Å². The summed E-state index contributed by atoms with van der Waals surface area (Å²) in [5, 5.41) is 0. The summed E-state index contributed by atoms with van der Waals surface area (Å²) in [4.78, 5) is 2.28. The van der Waals surface area contributed by atoms with Gasteiger partial charge in [-0.15, -0.1) is 0 Å². The second-order valence-corrected chi connectivity index (χ2v) is 5.34. The van der Waals surface area contributed by atoms with Crippen LogP contribution in [0.3, 0.4) is 0 Å². The molecule has 0 aromatic heterocycles. The highest BCUT2D eigenvalue weighted by Gasteiger charge is 2.31. The van der Waals surface area contributed by atoms with Crippen molar-refractivity contribution in [2.24, 2.45) is 5.92 Å². The molecule has 2 aliphatic heterocycles. The number of alkyl halides is 1. The average molecular weight is 215 g/mol. The van der Waals surface area contributed by atoms with Gasteiger partial charge in [0.2, 0.25) is 0 Å². The molecule has 3 heteroatoms.